The molecule has 0 spiro atoms. The molecule has 0 aromatic carbocycles. The highest BCUT2D eigenvalue weighted by Crippen LogP contribution is 2.37. The summed E-state index contributed by atoms with van der Waals surface area (Å²) in [6.45, 7) is 0. The fourth-order valence-corrected chi connectivity index (χ4v) is 2.79. The quantitative estimate of drug-likeness (QED) is 0.425. The predicted octanol–water partition coefficient (Wildman–Crippen LogP) is 2.47. The van der Waals surface area contributed by atoms with E-state index >= 15 is 0 Å². The Balaban J connectivity index is 2.39. The van der Waals surface area contributed by atoms with Gasteiger partial charge in [0.15, 0.2) is 5.69 Å². The summed E-state index contributed by atoms with van der Waals surface area (Å²) >= 11 is 5.46. The molecule has 0 unspecified atom stereocenters. The van der Waals surface area contributed by atoms with Gasteiger partial charge in [-0.3, -0.25) is 15.8 Å². The van der Waals surface area contributed by atoms with Crippen LogP contribution in [0.3, 0.4) is 0 Å². The maximum absolute atomic E-state index is 13.2. The first-order valence-electron chi connectivity index (χ1n) is 6.19. The number of thiocarbonyl (C=S) groups is 1. The van der Waals surface area contributed by atoms with Crippen LogP contribution in [0.25, 0.3) is 10.6 Å². The van der Waals surface area contributed by atoms with Crippen LogP contribution in [-0.2, 0) is 6.18 Å². The number of rotatable bonds is 2. The van der Waals surface area contributed by atoms with Crippen LogP contribution in [0.15, 0.2) is 18.5 Å². The Morgan fingerprint density at radius 2 is 2.00 bits per heavy atom. The van der Waals surface area contributed by atoms with Crippen LogP contribution in [-0.4, -0.2) is 28.0 Å². The molecule has 0 radical (unpaired) electrons. The number of nitrogens with zero attached hydrogens (tertiary/aromatic N) is 2. The molecule has 0 saturated carbocycles. The number of halogens is 4. The minimum absolute atomic E-state index is 0.0822. The summed E-state index contributed by atoms with van der Waals surface area (Å²) in [5, 5.41) is 2.09. The number of nitrogens with one attached hydrogen (secondary N) is 3. The highest BCUT2D eigenvalue weighted by atomic mass is 32.1. The summed E-state index contributed by atoms with van der Waals surface area (Å²) in [5.74, 6) is -0.709. The summed E-state index contributed by atoms with van der Waals surface area (Å²) in [6.07, 6.45) is -2.67. The van der Waals surface area contributed by atoms with Crippen molar-refractivity contribution in [3.8, 4) is 10.6 Å². The van der Waals surface area contributed by atoms with Crippen molar-refractivity contribution < 1.29 is 22.4 Å². The van der Waals surface area contributed by atoms with Gasteiger partial charge in [0.2, 0.25) is 0 Å². The van der Waals surface area contributed by atoms with Crippen LogP contribution in [0, 0.1) is 5.82 Å². The van der Waals surface area contributed by atoms with E-state index in [1.807, 2.05) is 0 Å². The number of alkyl halides is 3. The van der Waals surface area contributed by atoms with Gasteiger partial charge in [-0.1, -0.05) is 12.2 Å². The van der Waals surface area contributed by atoms with Crippen molar-refractivity contribution in [2.45, 2.75) is 6.18 Å². The van der Waals surface area contributed by atoms with E-state index in [2.05, 4.69) is 26.1 Å². The van der Waals surface area contributed by atoms with E-state index in [1.54, 1.807) is 0 Å². The number of carbonyl (C=O) groups excluding carboxylic acids is 1. The van der Waals surface area contributed by atoms with Crippen molar-refractivity contribution in [1.29, 1.82) is 0 Å². The molecule has 2 heterocycles. The number of aromatic nitrogens is 2. The summed E-state index contributed by atoms with van der Waals surface area (Å²) in [6, 6.07) is 0.319. The highest BCUT2D eigenvalue weighted by molar-refractivity contribution is 7.81. The molecule has 3 N–H and O–H groups in total. The first-order chi connectivity index (χ1) is 11.2. The highest BCUT2D eigenvalue weighted by Gasteiger charge is 2.39. The summed E-state index contributed by atoms with van der Waals surface area (Å²) in [5.41, 5.74) is 3.10. The van der Waals surface area contributed by atoms with Crippen molar-refractivity contribution in [1.82, 2.24) is 26.1 Å². The van der Waals surface area contributed by atoms with E-state index in [4.69, 9.17) is 12.2 Å². The number of hydrogen-bond acceptors (Lipinski definition) is 5. The third-order valence-electron chi connectivity index (χ3n) is 2.57. The number of carbonyl (C=O) groups is 1. The van der Waals surface area contributed by atoms with Gasteiger partial charge < -0.3 is 5.32 Å². The van der Waals surface area contributed by atoms with E-state index in [1.165, 1.54) is 13.2 Å². The Labute approximate surface area is 142 Å². The Hall–Kier alpha value is -2.34. The lowest BCUT2D eigenvalue weighted by Crippen LogP contribution is -2.45. The van der Waals surface area contributed by atoms with Crippen LogP contribution in [0.4, 0.5) is 22.4 Å². The Morgan fingerprint density at radius 1 is 1.29 bits per heavy atom. The average molecular weight is 379 g/mol. The molecule has 0 aliphatic rings. The van der Waals surface area contributed by atoms with Gasteiger partial charge in [-0.2, -0.15) is 13.2 Å². The molecule has 6 nitrogen and oxygen atoms in total. The fraction of sp³-hybridized carbons (Fsp3) is 0.167. The van der Waals surface area contributed by atoms with Gasteiger partial charge in [0.25, 0.3) is 0 Å². The standard InChI is InChI=1S/C12H9F4N5OS2/c1-17-11(22)21-20-9(23)7-8(12(14,15)16)19-10(24-7)5-2-6(13)4-18-3-5/h2-4H,1H3,(H,20,23)(H2,17,21,22). The van der Waals surface area contributed by atoms with Crippen LogP contribution in [0.5, 0.6) is 0 Å². The minimum atomic E-state index is -4.77. The summed E-state index contributed by atoms with van der Waals surface area (Å²) in [7, 11) is 1.32. The van der Waals surface area contributed by atoms with Gasteiger partial charge in [0.05, 0.1) is 11.1 Å². The van der Waals surface area contributed by atoms with E-state index < -0.39 is 28.6 Å². The zero-order valence-corrected chi connectivity index (χ0v) is 13.5. The average Bonchev–Trinajstić information content (AvgIpc) is 2.98. The van der Waals surface area contributed by atoms with E-state index in [0.717, 1.165) is 12.3 Å². The summed E-state index contributed by atoms with van der Waals surface area (Å²) in [4.78, 5) is 17.3. The van der Waals surface area contributed by atoms with Crippen LogP contribution < -0.4 is 16.2 Å². The third kappa shape index (κ3) is 4.14. The smallest absolute Gasteiger partial charge is 0.340 e. The van der Waals surface area contributed by atoms with Gasteiger partial charge in [-0.15, -0.1) is 11.3 Å². The zero-order chi connectivity index (χ0) is 17.9. The normalized spacial score (nSPS) is 11.0. The second kappa shape index (κ2) is 7.05. The van der Waals surface area contributed by atoms with Crippen LogP contribution in [0.2, 0.25) is 0 Å². The molecule has 2 rings (SSSR count). The molecule has 0 fully saturated rings. The van der Waals surface area contributed by atoms with Crippen LogP contribution in [0.1, 0.15) is 10.6 Å². The molecule has 0 saturated heterocycles. The lowest BCUT2D eigenvalue weighted by atomic mass is 10.3. The van der Waals surface area contributed by atoms with Gasteiger partial charge in [-0.25, -0.2) is 14.2 Å². The molecule has 2 amide bonds. The second-order valence-corrected chi connectivity index (χ2v) is 5.65. The van der Waals surface area contributed by atoms with Crippen LogP contribution >= 0.6 is 23.6 Å². The maximum atomic E-state index is 13.2. The SMILES string of the molecule is CNC(=O)NNC(=S)c1sc(-c2cncc(F)c2)nc1C(F)(F)F. The Morgan fingerprint density at radius 3 is 2.58 bits per heavy atom. The number of pyridine rings is 1. The lowest BCUT2D eigenvalue weighted by molar-refractivity contribution is -0.140. The topological polar surface area (TPSA) is 78.9 Å². The number of thiazole rings is 1. The maximum Gasteiger partial charge on any atom is 0.434 e. The summed E-state index contributed by atoms with van der Waals surface area (Å²) < 4.78 is 52.6. The zero-order valence-electron chi connectivity index (χ0n) is 11.9. The van der Waals surface area contributed by atoms with Gasteiger partial charge in [0.1, 0.15) is 15.8 Å². The number of hydrazine groups is 1. The predicted molar refractivity (Wildman–Crippen MR) is 82.7 cm³/mol. The molecule has 2 aromatic rings. The third-order valence-corrected chi connectivity index (χ3v) is 4.13. The molecule has 0 atom stereocenters. The van der Waals surface area contributed by atoms with E-state index in [0.29, 0.717) is 11.3 Å². The molecule has 24 heavy (non-hydrogen) atoms. The molecule has 0 bridgehead atoms. The molecule has 12 heteroatoms. The second-order valence-electron chi connectivity index (χ2n) is 4.24. The fourth-order valence-electron chi connectivity index (χ4n) is 1.55. The lowest BCUT2D eigenvalue weighted by Gasteiger charge is -2.10. The van der Waals surface area contributed by atoms with Crippen molar-refractivity contribution in [3.63, 3.8) is 0 Å². The molecular formula is C12H9F4N5OS2. The Bertz CT molecular complexity index is 777. The molecule has 2 aromatic heterocycles. The van der Waals surface area contributed by atoms with E-state index in [-0.39, 0.29) is 15.6 Å². The monoisotopic (exact) mass is 379 g/mol. The van der Waals surface area contributed by atoms with Crippen molar-refractivity contribution in [2.75, 3.05) is 7.05 Å². The van der Waals surface area contributed by atoms with Gasteiger partial charge >= 0.3 is 12.2 Å². The first-order valence-corrected chi connectivity index (χ1v) is 7.42. The first kappa shape index (κ1) is 18.0. The van der Waals surface area contributed by atoms with Crippen molar-refractivity contribution in [2.24, 2.45) is 0 Å². The minimum Gasteiger partial charge on any atom is -0.340 e. The van der Waals surface area contributed by atoms with E-state index in [9.17, 15) is 22.4 Å². The van der Waals surface area contributed by atoms with Crippen molar-refractivity contribution >= 4 is 34.6 Å². The Kier molecular flexibility index (Phi) is 5.29. The largest absolute Gasteiger partial charge is 0.434 e. The molecular weight excluding hydrogens is 370 g/mol. The number of hydrogen-bond donors (Lipinski definition) is 3. The van der Waals surface area contributed by atoms with Crippen molar-refractivity contribution in [3.05, 3.63) is 34.8 Å². The molecule has 0 aliphatic heterocycles. The number of urea groups is 1. The molecule has 0 aliphatic carbocycles. The van der Waals surface area contributed by atoms with Gasteiger partial charge in [-0.05, 0) is 6.07 Å². The van der Waals surface area contributed by atoms with Gasteiger partial charge in [0, 0.05) is 18.8 Å². The number of amides is 2. The molecule has 128 valence electrons.